The number of hydrogen-bond acceptors (Lipinski definition) is 3. The molecule has 2 saturated carbocycles. The average Bonchev–Trinajstić information content (AvgIpc) is 2.82. The first-order chi connectivity index (χ1) is 9.06. The molecule has 3 unspecified atom stereocenters. The fourth-order valence-electron chi connectivity index (χ4n) is 3.38. The van der Waals surface area contributed by atoms with Crippen molar-refractivity contribution < 1.29 is 5.11 Å². The molecule has 0 radical (unpaired) electrons. The summed E-state index contributed by atoms with van der Waals surface area (Å²) in [5.41, 5.74) is 0.815. The Kier molecular flexibility index (Phi) is 3.58. The Hall–Kier alpha value is -0.580. The molecule has 5 heteroatoms. The van der Waals surface area contributed by atoms with Gasteiger partial charge in [0.05, 0.1) is 29.6 Å². The highest BCUT2D eigenvalue weighted by molar-refractivity contribution is 6.31. The predicted octanol–water partition coefficient (Wildman–Crippen LogP) is 2.18. The fourth-order valence-corrected chi connectivity index (χ4v) is 3.63. The van der Waals surface area contributed by atoms with Crippen LogP contribution in [0, 0.1) is 17.8 Å². The zero-order valence-corrected chi connectivity index (χ0v) is 12.3. The largest absolute Gasteiger partial charge is 0.386 e. The van der Waals surface area contributed by atoms with Crippen molar-refractivity contribution >= 4 is 11.6 Å². The molecule has 1 N–H and O–H groups in total. The van der Waals surface area contributed by atoms with Crippen LogP contribution in [-0.4, -0.2) is 40.4 Å². The summed E-state index contributed by atoms with van der Waals surface area (Å²) in [6.45, 7) is 1.67. The molecule has 3 atom stereocenters. The van der Waals surface area contributed by atoms with Gasteiger partial charge >= 0.3 is 0 Å². The third-order valence-corrected chi connectivity index (χ3v) is 4.89. The smallest absolute Gasteiger partial charge is 0.1000 e. The summed E-state index contributed by atoms with van der Waals surface area (Å²) < 4.78 is 1.87. The summed E-state index contributed by atoms with van der Waals surface area (Å²) in [6, 6.07) is 0. The molecule has 1 aromatic heterocycles. The van der Waals surface area contributed by atoms with Crippen LogP contribution >= 0.6 is 11.6 Å². The molecule has 0 aromatic carbocycles. The maximum atomic E-state index is 10.6. The highest BCUT2D eigenvalue weighted by Gasteiger charge is 2.48. The Bertz CT molecular complexity index is 450. The first-order valence-electron chi connectivity index (χ1n) is 7.10. The molecule has 1 aromatic rings. The minimum atomic E-state index is -0.454. The van der Waals surface area contributed by atoms with Crippen LogP contribution in [0.1, 0.15) is 31.1 Å². The van der Waals surface area contributed by atoms with Crippen molar-refractivity contribution in [3.05, 3.63) is 16.9 Å². The lowest BCUT2D eigenvalue weighted by atomic mass is 9.94. The topological polar surface area (TPSA) is 41.3 Å². The molecular formula is C14H22ClN3O. The second-order valence-corrected chi connectivity index (χ2v) is 6.74. The number of likely N-dealkylation sites (N-methyl/N-ethyl adjacent to an activating group) is 1. The van der Waals surface area contributed by atoms with E-state index in [1.165, 1.54) is 6.42 Å². The Balaban J connectivity index is 1.72. The predicted molar refractivity (Wildman–Crippen MR) is 75.1 cm³/mol. The van der Waals surface area contributed by atoms with Gasteiger partial charge < -0.3 is 10.0 Å². The lowest BCUT2D eigenvalue weighted by Gasteiger charge is -2.21. The molecular weight excluding hydrogens is 262 g/mol. The maximum absolute atomic E-state index is 10.6. The van der Waals surface area contributed by atoms with E-state index in [2.05, 4.69) is 10.00 Å². The molecule has 0 saturated heterocycles. The van der Waals surface area contributed by atoms with Gasteiger partial charge in [0, 0.05) is 6.54 Å². The number of fused-ring (bicyclic) bond motifs is 1. The number of halogens is 1. The van der Waals surface area contributed by atoms with Crippen LogP contribution in [0.4, 0.5) is 0 Å². The third-order valence-electron chi connectivity index (χ3n) is 4.60. The minimum Gasteiger partial charge on any atom is -0.386 e. The number of aliphatic hydroxyl groups is 1. The average molecular weight is 284 g/mol. The molecule has 0 spiro atoms. The van der Waals surface area contributed by atoms with Gasteiger partial charge in [-0.3, -0.25) is 4.68 Å². The SMILES string of the molecule is CN(C)CCn1ncc(Cl)c1C(O)C1CC2CC2C1. The highest BCUT2D eigenvalue weighted by Crippen LogP contribution is 2.57. The second-order valence-electron chi connectivity index (χ2n) is 6.34. The summed E-state index contributed by atoms with van der Waals surface area (Å²) in [6.07, 6.45) is 4.88. The van der Waals surface area contributed by atoms with Crippen LogP contribution < -0.4 is 0 Å². The van der Waals surface area contributed by atoms with Gasteiger partial charge in [-0.1, -0.05) is 11.6 Å². The van der Waals surface area contributed by atoms with Crippen molar-refractivity contribution in [2.75, 3.05) is 20.6 Å². The molecule has 3 rings (SSSR count). The molecule has 106 valence electrons. The lowest BCUT2D eigenvalue weighted by molar-refractivity contribution is 0.0947. The standard InChI is InChI=1S/C14H22ClN3O/c1-17(2)3-4-18-13(12(15)8-16-18)14(19)11-6-9-5-10(9)7-11/h8-11,14,19H,3-7H2,1-2H3. The van der Waals surface area contributed by atoms with E-state index >= 15 is 0 Å². The minimum absolute atomic E-state index is 0.371. The third kappa shape index (κ3) is 2.67. The number of hydrogen-bond donors (Lipinski definition) is 1. The molecule has 0 aliphatic heterocycles. The van der Waals surface area contributed by atoms with Gasteiger partial charge in [-0.05, 0) is 51.1 Å². The van der Waals surface area contributed by atoms with Gasteiger partial charge in [0.2, 0.25) is 0 Å². The Morgan fingerprint density at radius 2 is 2.11 bits per heavy atom. The van der Waals surface area contributed by atoms with E-state index in [0.717, 1.165) is 43.5 Å². The summed E-state index contributed by atoms with van der Waals surface area (Å²) in [7, 11) is 4.07. The monoisotopic (exact) mass is 283 g/mol. The zero-order chi connectivity index (χ0) is 13.6. The quantitative estimate of drug-likeness (QED) is 0.900. The van der Waals surface area contributed by atoms with Crippen LogP contribution in [0.2, 0.25) is 5.02 Å². The fraction of sp³-hybridized carbons (Fsp3) is 0.786. The van der Waals surface area contributed by atoms with Crippen LogP contribution in [0.25, 0.3) is 0 Å². The zero-order valence-electron chi connectivity index (χ0n) is 11.6. The molecule has 19 heavy (non-hydrogen) atoms. The Morgan fingerprint density at radius 3 is 2.74 bits per heavy atom. The van der Waals surface area contributed by atoms with Crippen molar-refractivity contribution in [1.29, 1.82) is 0 Å². The van der Waals surface area contributed by atoms with Gasteiger partial charge in [0.25, 0.3) is 0 Å². The summed E-state index contributed by atoms with van der Waals surface area (Å²) in [4.78, 5) is 2.11. The van der Waals surface area contributed by atoms with Crippen LogP contribution in [0.3, 0.4) is 0 Å². The Morgan fingerprint density at radius 1 is 1.42 bits per heavy atom. The normalized spacial score (nSPS) is 30.7. The number of aliphatic hydroxyl groups excluding tert-OH is 1. The van der Waals surface area contributed by atoms with Crippen molar-refractivity contribution in [2.45, 2.75) is 31.9 Å². The summed E-state index contributed by atoms with van der Waals surface area (Å²) in [5, 5.41) is 15.5. The van der Waals surface area contributed by atoms with Gasteiger partial charge in [-0.2, -0.15) is 5.10 Å². The molecule has 2 fully saturated rings. The molecule has 0 bridgehead atoms. The van der Waals surface area contributed by atoms with E-state index in [-0.39, 0.29) is 0 Å². The number of rotatable bonds is 5. The van der Waals surface area contributed by atoms with Crippen LogP contribution in [-0.2, 0) is 6.54 Å². The summed E-state index contributed by atoms with van der Waals surface area (Å²) in [5.74, 6) is 2.12. The second kappa shape index (κ2) is 5.08. The van der Waals surface area contributed by atoms with E-state index in [9.17, 15) is 5.11 Å². The highest BCUT2D eigenvalue weighted by atomic mass is 35.5. The first-order valence-corrected chi connectivity index (χ1v) is 7.48. The van der Waals surface area contributed by atoms with Crippen LogP contribution in [0.15, 0.2) is 6.20 Å². The van der Waals surface area contributed by atoms with Gasteiger partial charge in [0.15, 0.2) is 0 Å². The summed E-state index contributed by atoms with van der Waals surface area (Å²) >= 11 is 6.22. The molecule has 4 nitrogen and oxygen atoms in total. The van der Waals surface area contributed by atoms with Crippen LogP contribution in [0.5, 0.6) is 0 Å². The number of nitrogens with zero attached hydrogens (tertiary/aromatic N) is 3. The number of aromatic nitrogens is 2. The molecule has 2 aliphatic rings. The van der Waals surface area contributed by atoms with Gasteiger partial charge in [0.1, 0.15) is 0 Å². The van der Waals surface area contributed by atoms with E-state index in [0.29, 0.717) is 10.9 Å². The van der Waals surface area contributed by atoms with E-state index in [4.69, 9.17) is 11.6 Å². The first kappa shape index (κ1) is 13.4. The Labute approximate surface area is 119 Å². The van der Waals surface area contributed by atoms with Gasteiger partial charge in [-0.25, -0.2) is 0 Å². The van der Waals surface area contributed by atoms with E-state index in [1.807, 2.05) is 18.8 Å². The van der Waals surface area contributed by atoms with Crippen molar-refractivity contribution in [2.24, 2.45) is 17.8 Å². The van der Waals surface area contributed by atoms with Crippen molar-refractivity contribution in [1.82, 2.24) is 14.7 Å². The molecule has 0 amide bonds. The van der Waals surface area contributed by atoms with Crippen molar-refractivity contribution in [3.63, 3.8) is 0 Å². The van der Waals surface area contributed by atoms with E-state index < -0.39 is 6.10 Å². The van der Waals surface area contributed by atoms with Gasteiger partial charge in [-0.15, -0.1) is 0 Å². The maximum Gasteiger partial charge on any atom is 0.1000 e. The van der Waals surface area contributed by atoms with Crippen molar-refractivity contribution in [3.8, 4) is 0 Å². The molecule has 2 aliphatic carbocycles. The molecule has 1 heterocycles. The lowest BCUT2D eigenvalue weighted by Crippen LogP contribution is -2.22. The van der Waals surface area contributed by atoms with E-state index in [1.54, 1.807) is 6.20 Å².